The number of rotatable bonds is 5. The second-order valence-corrected chi connectivity index (χ2v) is 5.46. The predicted molar refractivity (Wildman–Crippen MR) is 76.0 cm³/mol. The van der Waals surface area contributed by atoms with Crippen molar-refractivity contribution >= 4 is 23.1 Å². The van der Waals surface area contributed by atoms with Crippen molar-refractivity contribution in [1.29, 1.82) is 0 Å². The lowest BCUT2D eigenvalue weighted by Gasteiger charge is -2.15. The van der Waals surface area contributed by atoms with Crippen LogP contribution >= 0.6 is 11.8 Å². The molecular weight excluding hydrogens is 232 g/mol. The van der Waals surface area contributed by atoms with Crippen LogP contribution < -0.4 is 15.8 Å². The highest BCUT2D eigenvalue weighted by Crippen LogP contribution is 2.28. The third-order valence-electron chi connectivity index (χ3n) is 2.78. The SMILES string of the molecule is CCCOc1cc(NC2CCSC2)ccc1N. The normalized spacial score (nSPS) is 19.2. The molecule has 1 aromatic rings. The molecule has 17 heavy (non-hydrogen) atoms. The maximum absolute atomic E-state index is 5.88. The number of nitrogens with one attached hydrogen (secondary N) is 1. The third kappa shape index (κ3) is 3.46. The quantitative estimate of drug-likeness (QED) is 0.791. The van der Waals surface area contributed by atoms with Gasteiger partial charge in [0.1, 0.15) is 5.75 Å². The first kappa shape index (κ1) is 12.4. The fraction of sp³-hybridized carbons (Fsp3) is 0.538. The van der Waals surface area contributed by atoms with Crippen LogP contribution in [0.15, 0.2) is 18.2 Å². The van der Waals surface area contributed by atoms with E-state index in [9.17, 15) is 0 Å². The molecule has 1 aliphatic heterocycles. The molecule has 0 amide bonds. The zero-order chi connectivity index (χ0) is 12.1. The number of thioether (sulfide) groups is 1. The Balaban J connectivity index is 2.01. The van der Waals surface area contributed by atoms with Gasteiger partial charge in [0.05, 0.1) is 12.3 Å². The molecule has 1 aliphatic rings. The topological polar surface area (TPSA) is 47.3 Å². The van der Waals surface area contributed by atoms with Gasteiger partial charge in [-0.15, -0.1) is 0 Å². The maximum Gasteiger partial charge on any atom is 0.144 e. The number of nitrogens with two attached hydrogens (primary N) is 1. The fourth-order valence-corrected chi connectivity index (χ4v) is 3.00. The van der Waals surface area contributed by atoms with Gasteiger partial charge in [-0.3, -0.25) is 0 Å². The van der Waals surface area contributed by atoms with Crippen molar-refractivity contribution in [1.82, 2.24) is 0 Å². The highest BCUT2D eigenvalue weighted by atomic mass is 32.2. The van der Waals surface area contributed by atoms with E-state index in [0.717, 1.165) is 17.9 Å². The molecule has 94 valence electrons. The van der Waals surface area contributed by atoms with Gasteiger partial charge < -0.3 is 15.8 Å². The van der Waals surface area contributed by atoms with E-state index in [-0.39, 0.29) is 0 Å². The molecule has 0 spiro atoms. The van der Waals surface area contributed by atoms with Gasteiger partial charge in [-0.1, -0.05) is 6.92 Å². The number of hydrogen-bond donors (Lipinski definition) is 2. The summed E-state index contributed by atoms with van der Waals surface area (Å²) in [6.45, 7) is 2.81. The Morgan fingerprint density at radius 3 is 3.12 bits per heavy atom. The molecule has 1 atom stereocenters. The van der Waals surface area contributed by atoms with Crippen LogP contribution in [-0.2, 0) is 0 Å². The molecule has 0 aromatic heterocycles. The molecule has 3 nitrogen and oxygen atoms in total. The highest BCUT2D eigenvalue weighted by molar-refractivity contribution is 7.99. The van der Waals surface area contributed by atoms with Crippen molar-refractivity contribution in [2.45, 2.75) is 25.8 Å². The Hall–Kier alpha value is -1.03. The molecule has 0 saturated carbocycles. The van der Waals surface area contributed by atoms with Crippen molar-refractivity contribution < 1.29 is 4.74 Å². The molecule has 1 fully saturated rings. The van der Waals surface area contributed by atoms with Crippen LogP contribution in [0.25, 0.3) is 0 Å². The van der Waals surface area contributed by atoms with Crippen LogP contribution in [0.1, 0.15) is 19.8 Å². The minimum atomic E-state index is 0.586. The van der Waals surface area contributed by atoms with Crippen LogP contribution in [-0.4, -0.2) is 24.2 Å². The monoisotopic (exact) mass is 252 g/mol. The van der Waals surface area contributed by atoms with Crippen molar-refractivity contribution in [2.75, 3.05) is 29.2 Å². The second kappa shape index (κ2) is 6.05. The smallest absolute Gasteiger partial charge is 0.144 e. The van der Waals surface area contributed by atoms with E-state index < -0.39 is 0 Å². The zero-order valence-electron chi connectivity index (χ0n) is 10.2. The Labute approximate surface area is 107 Å². The molecule has 1 aromatic carbocycles. The van der Waals surface area contributed by atoms with Gasteiger partial charge in [-0.25, -0.2) is 0 Å². The molecule has 0 bridgehead atoms. The van der Waals surface area contributed by atoms with E-state index in [1.54, 1.807) is 0 Å². The van der Waals surface area contributed by atoms with Crippen LogP contribution in [0.4, 0.5) is 11.4 Å². The first-order valence-corrected chi connectivity index (χ1v) is 7.31. The first-order chi connectivity index (χ1) is 8.29. The van der Waals surface area contributed by atoms with Gasteiger partial charge in [-0.05, 0) is 30.7 Å². The Morgan fingerprint density at radius 2 is 2.41 bits per heavy atom. The van der Waals surface area contributed by atoms with Gasteiger partial charge in [0.25, 0.3) is 0 Å². The van der Waals surface area contributed by atoms with Crippen molar-refractivity contribution in [3.05, 3.63) is 18.2 Å². The van der Waals surface area contributed by atoms with Gasteiger partial charge >= 0.3 is 0 Å². The van der Waals surface area contributed by atoms with Gasteiger partial charge in [-0.2, -0.15) is 11.8 Å². The van der Waals surface area contributed by atoms with E-state index in [1.165, 1.54) is 17.9 Å². The van der Waals surface area contributed by atoms with Crippen LogP contribution in [0, 0.1) is 0 Å². The molecule has 2 rings (SSSR count). The minimum Gasteiger partial charge on any atom is -0.491 e. The Bertz CT molecular complexity index is 364. The van der Waals surface area contributed by atoms with E-state index in [0.29, 0.717) is 18.3 Å². The molecule has 1 heterocycles. The summed E-state index contributed by atoms with van der Waals surface area (Å²) < 4.78 is 5.62. The number of anilines is 2. The van der Waals surface area contributed by atoms with Crippen molar-refractivity contribution in [3.63, 3.8) is 0 Å². The molecule has 1 unspecified atom stereocenters. The van der Waals surface area contributed by atoms with E-state index in [4.69, 9.17) is 10.5 Å². The lowest BCUT2D eigenvalue weighted by molar-refractivity contribution is 0.319. The molecule has 0 aliphatic carbocycles. The first-order valence-electron chi connectivity index (χ1n) is 6.16. The zero-order valence-corrected chi connectivity index (χ0v) is 11.1. The summed E-state index contributed by atoms with van der Waals surface area (Å²) in [4.78, 5) is 0. The summed E-state index contributed by atoms with van der Waals surface area (Å²) in [5, 5.41) is 3.53. The van der Waals surface area contributed by atoms with Gasteiger partial charge in [0, 0.05) is 23.5 Å². The Kier molecular flexibility index (Phi) is 4.42. The molecule has 0 radical (unpaired) electrons. The number of hydrogen-bond acceptors (Lipinski definition) is 4. The number of benzene rings is 1. The lowest BCUT2D eigenvalue weighted by atomic mass is 10.2. The summed E-state index contributed by atoms with van der Waals surface area (Å²) in [6, 6.07) is 6.53. The average molecular weight is 252 g/mol. The standard InChI is InChI=1S/C13H20N2OS/c1-2-6-16-13-8-10(3-4-12(13)14)15-11-5-7-17-9-11/h3-4,8,11,15H,2,5-7,9,14H2,1H3. The van der Waals surface area contributed by atoms with Gasteiger partial charge in [0.15, 0.2) is 0 Å². The fourth-order valence-electron chi connectivity index (χ4n) is 1.85. The van der Waals surface area contributed by atoms with Crippen LogP contribution in [0.3, 0.4) is 0 Å². The summed E-state index contributed by atoms with van der Waals surface area (Å²) in [5.41, 5.74) is 7.70. The lowest BCUT2D eigenvalue weighted by Crippen LogP contribution is -2.18. The Morgan fingerprint density at radius 1 is 1.53 bits per heavy atom. The van der Waals surface area contributed by atoms with Gasteiger partial charge in [0.2, 0.25) is 0 Å². The van der Waals surface area contributed by atoms with Crippen LogP contribution in [0.5, 0.6) is 5.75 Å². The second-order valence-electron chi connectivity index (χ2n) is 4.31. The summed E-state index contributed by atoms with van der Waals surface area (Å²) in [7, 11) is 0. The third-order valence-corrected chi connectivity index (χ3v) is 3.94. The summed E-state index contributed by atoms with van der Waals surface area (Å²) in [6.07, 6.45) is 2.23. The highest BCUT2D eigenvalue weighted by Gasteiger charge is 2.15. The number of nitrogen functional groups attached to an aromatic ring is 1. The summed E-state index contributed by atoms with van der Waals surface area (Å²) >= 11 is 2.00. The van der Waals surface area contributed by atoms with E-state index in [2.05, 4.69) is 12.2 Å². The predicted octanol–water partition coefficient (Wildman–Crippen LogP) is 2.98. The molecule has 4 heteroatoms. The summed E-state index contributed by atoms with van der Waals surface area (Å²) in [5.74, 6) is 3.24. The minimum absolute atomic E-state index is 0.586. The van der Waals surface area contributed by atoms with Crippen molar-refractivity contribution in [3.8, 4) is 5.75 Å². The van der Waals surface area contributed by atoms with E-state index >= 15 is 0 Å². The van der Waals surface area contributed by atoms with E-state index in [1.807, 2.05) is 30.0 Å². The van der Waals surface area contributed by atoms with Crippen LogP contribution in [0.2, 0.25) is 0 Å². The molecule has 3 N–H and O–H groups in total. The molecular formula is C13H20N2OS. The average Bonchev–Trinajstić information content (AvgIpc) is 2.82. The largest absolute Gasteiger partial charge is 0.491 e. The maximum atomic E-state index is 5.88. The van der Waals surface area contributed by atoms with Crippen molar-refractivity contribution in [2.24, 2.45) is 0 Å². The number of ether oxygens (including phenoxy) is 1. The molecule has 1 saturated heterocycles.